The lowest BCUT2D eigenvalue weighted by Gasteiger charge is -2.36. The van der Waals surface area contributed by atoms with E-state index in [9.17, 15) is 4.79 Å². The molecule has 0 bridgehead atoms. The van der Waals surface area contributed by atoms with Crippen molar-refractivity contribution < 1.29 is 9.90 Å². The third kappa shape index (κ3) is 7.86. The number of aliphatic carboxylic acids is 1. The molecule has 1 rings (SSSR count). The Balaban J connectivity index is 2.36. The van der Waals surface area contributed by atoms with Crippen molar-refractivity contribution in [3.05, 3.63) is 35.9 Å². The number of unbranched alkanes of at least 4 members (excludes halogenated alkanes) is 3. The van der Waals surface area contributed by atoms with Crippen molar-refractivity contribution in [2.45, 2.75) is 65.0 Å². The zero-order valence-electron chi connectivity index (χ0n) is 13.6. The molecule has 0 heterocycles. The Morgan fingerprint density at radius 1 is 1.05 bits per heavy atom. The second-order valence-electron chi connectivity index (χ2n) is 6.64. The zero-order valence-corrected chi connectivity index (χ0v) is 13.6. The molecule has 0 radical (unpaired) electrons. The second-order valence-corrected chi connectivity index (χ2v) is 6.64. The van der Waals surface area contributed by atoms with Crippen LogP contribution in [0.5, 0.6) is 0 Å². The lowest BCUT2D eigenvalue weighted by Crippen LogP contribution is -2.41. The van der Waals surface area contributed by atoms with E-state index >= 15 is 0 Å². The van der Waals surface area contributed by atoms with Gasteiger partial charge < -0.3 is 5.11 Å². The molecular weight excluding hydrogens is 262 g/mol. The summed E-state index contributed by atoms with van der Waals surface area (Å²) in [4.78, 5) is 13.0. The van der Waals surface area contributed by atoms with Crippen LogP contribution in [-0.4, -0.2) is 28.1 Å². The first-order valence-electron chi connectivity index (χ1n) is 7.90. The fraction of sp³-hybridized carbons (Fsp3) is 0.611. The van der Waals surface area contributed by atoms with Crippen LogP contribution in [0.15, 0.2) is 30.3 Å². The number of carboxylic acids is 1. The van der Waals surface area contributed by atoms with Crippen molar-refractivity contribution in [3.8, 4) is 0 Å². The quantitative estimate of drug-likeness (QED) is 0.689. The van der Waals surface area contributed by atoms with Gasteiger partial charge in [-0.05, 0) is 45.7 Å². The molecule has 0 unspecified atom stereocenters. The van der Waals surface area contributed by atoms with Gasteiger partial charge in [0, 0.05) is 18.5 Å². The number of carbonyl (C=O) groups is 1. The van der Waals surface area contributed by atoms with Gasteiger partial charge in [0.25, 0.3) is 0 Å². The summed E-state index contributed by atoms with van der Waals surface area (Å²) in [5.74, 6) is -0.685. The Bertz CT molecular complexity index is 409. The van der Waals surface area contributed by atoms with Crippen LogP contribution in [0.3, 0.4) is 0 Å². The van der Waals surface area contributed by atoms with E-state index in [1.807, 2.05) is 6.07 Å². The predicted molar refractivity (Wildman–Crippen MR) is 87.3 cm³/mol. The molecule has 0 aliphatic heterocycles. The zero-order chi connectivity index (χ0) is 15.7. The maximum absolute atomic E-state index is 10.5. The van der Waals surface area contributed by atoms with Crippen molar-refractivity contribution in [2.75, 3.05) is 6.54 Å². The van der Waals surface area contributed by atoms with Gasteiger partial charge in [0.05, 0.1) is 0 Å². The summed E-state index contributed by atoms with van der Waals surface area (Å²) in [6.45, 7) is 8.78. The van der Waals surface area contributed by atoms with Crippen LogP contribution in [0, 0.1) is 0 Å². The lowest BCUT2D eigenvalue weighted by molar-refractivity contribution is -0.137. The SMILES string of the molecule is CC(C)(C)N(CCCCCCC(=O)O)Cc1ccccc1. The third-order valence-electron chi connectivity index (χ3n) is 3.73. The minimum atomic E-state index is -0.685. The summed E-state index contributed by atoms with van der Waals surface area (Å²) in [5.41, 5.74) is 1.50. The lowest BCUT2D eigenvalue weighted by atomic mass is 10.0. The average Bonchev–Trinajstić information content (AvgIpc) is 2.41. The summed E-state index contributed by atoms with van der Waals surface area (Å²) in [6, 6.07) is 10.6. The van der Waals surface area contributed by atoms with E-state index in [1.165, 1.54) is 5.56 Å². The number of nitrogens with zero attached hydrogens (tertiary/aromatic N) is 1. The van der Waals surface area contributed by atoms with E-state index in [2.05, 4.69) is 49.9 Å². The Hall–Kier alpha value is -1.35. The Morgan fingerprint density at radius 2 is 1.67 bits per heavy atom. The maximum atomic E-state index is 10.5. The summed E-state index contributed by atoms with van der Waals surface area (Å²) in [5, 5.41) is 8.62. The van der Waals surface area contributed by atoms with Crippen molar-refractivity contribution >= 4 is 5.97 Å². The van der Waals surface area contributed by atoms with Gasteiger partial charge in [-0.2, -0.15) is 0 Å². The van der Waals surface area contributed by atoms with E-state index in [4.69, 9.17) is 5.11 Å². The molecule has 0 aliphatic carbocycles. The van der Waals surface area contributed by atoms with Crippen LogP contribution < -0.4 is 0 Å². The van der Waals surface area contributed by atoms with Crippen molar-refractivity contribution in [1.82, 2.24) is 4.90 Å². The average molecular weight is 291 g/mol. The molecule has 1 N–H and O–H groups in total. The first-order chi connectivity index (χ1) is 9.89. The highest BCUT2D eigenvalue weighted by Crippen LogP contribution is 2.18. The maximum Gasteiger partial charge on any atom is 0.303 e. The first kappa shape index (κ1) is 17.7. The highest BCUT2D eigenvalue weighted by molar-refractivity contribution is 5.66. The predicted octanol–water partition coefficient (Wildman–Crippen LogP) is 4.32. The van der Waals surface area contributed by atoms with Gasteiger partial charge in [0.15, 0.2) is 0 Å². The van der Waals surface area contributed by atoms with Gasteiger partial charge in [-0.25, -0.2) is 0 Å². The monoisotopic (exact) mass is 291 g/mol. The van der Waals surface area contributed by atoms with Gasteiger partial charge in [-0.1, -0.05) is 43.2 Å². The van der Waals surface area contributed by atoms with E-state index in [1.54, 1.807) is 0 Å². The van der Waals surface area contributed by atoms with Crippen LogP contribution in [0.1, 0.15) is 58.4 Å². The number of carboxylic acid groups (broad SMARTS) is 1. The molecule has 1 aromatic carbocycles. The van der Waals surface area contributed by atoms with Crippen LogP contribution in [0.2, 0.25) is 0 Å². The van der Waals surface area contributed by atoms with Crippen LogP contribution in [0.25, 0.3) is 0 Å². The molecule has 0 fully saturated rings. The summed E-state index contributed by atoms with van der Waals surface area (Å²) < 4.78 is 0. The van der Waals surface area contributed by atoms with Gasteiger partial charge >= 0.3 is 5.97 Å². The molecule has 0 aromatic heterocycles. The van der Waals surface area contributed by atoms with Crippen molar-refractivity contribution in [3.63, 3.8) is 0 Å². The van der Waals surface area contributed by atoms with Gasteiger partial charge in [0.2, 0.25) is 0 Å². The summed E-state index contributed by atoms with van der Waals surface area (Å²) in [7, 11) is 0. The van der Waals surface area contributed by atoms with Crippen LogP contribution in [-0.2, 0) is 11.3 Å². The summed E-state index contributed by atoms with van der Waals surface area (Å²) in [6.07, 6.45) is 4.34. The molecule has 0 amide bonds. The highest BCUT2D eigenvalue weighted by atomic mass is 16.4. The largest absolute Gasteiger partial charge is 0.481 e. The van der Waals surface area contributed by atoms with Gasteiger partial charge in [-0.15, -0.1) is 0 Å². The van der Waals surface area contributed by atoms with E-state index in [-0.39, 0.29) is 5.54 Å². The molecule has 3 nitrogen and oxygen atoms in total. The fourth-order valence-corrected chi connectivity index (χ4v) is 2.39. The Morgan fingerprint density at radius 3 is 2.24 bits per heavy atom. The van der Waals surface area contributed by atoms with E-state index < -0.39 is 5.97 Å². The molecular formula is C18H29NO2. The summed E-state index contributed by atoms with van der Waals surface area (Å²) >= 11 is 0. The van der Waals surface area contributed by atoms with E-state index in [0.29, 0.717) is 6.42 Å². The van der Waals surface area contributed by atoms with Crippen LogP contribution in [0.4, 0.5) is 0 Å². The molecule has 0 atom stereocenters. The molecule has 0 saturated heterocycles. The number of rotatable bonds is 9. The van der Waals surface area contributed by atoms with Crippen molar-refractivity contribution in [2.24, 2.45) is 0 Å². The standard InChI is InChI=1S/C18H29NO2/c1-18(2,3)19(15-16-11-7-6-8-12-16)14-10-5-4-9-13-17(20)21/h6-8,11-12H,4-5,9-10,13-15H2,1-3H3,(H,20,21). The molecule has 0 aliphatic rings. The highest BCUT2D eigenvalue weighted by Gasteiger charge is 2.20. The fourth-order valence-electron chi connectivity index (χ4n) is 2.39. The van der Waals surface area contributed by atoms with E-state index in [0.717, 1.165) is 38.8 Å². The third-order valence-corrected chi connectivity index (χ3v) is 3.73. The van der Waals surface area contributed by atoms with Crippen molar-refractivity contribution in [1.29, 1.82) is 0 Å². The molecule has 0 saturated carbocycles. The number of hydrogen-bond acceptors (Lipinski definition) is 2. The number of hydrogen-bond donors (Lipinski definition) is 1. The second kappa shape index (κ2) is 8.83. The smallest absolute Gasteiger partial charge is 0.303 e. The number of benzene rings is 1. The minimum absolute atomic E-state index is 0.150. The first-order valence-corrected chi connectivity index (χ1v) is 7.90. The molecule has 118 valence electrons. The minimum Gasteiger partial charge on any atom is -0.481 e. The molecule has 3 heteroatoms. The molecule has 21 heavy (non-hydrogen) atoms. The Kier molecular flexibility index (Phi) is 7.44. The molecule has 0 spiro atoms. The molecule has 1 aromatic rings. The Labute approximate surface area is 129 Å². The van der Waals surface area contributed by atoms with Crippen LogP contribution >= 0.6 is 0 Å². The topological polar surface area (TPSA) is 40.5 Å². The normalized spacial score (nSPS) is 11.8. The van der Waals surface area contributed by atoms with Gasteiger partial charge in [0.1, 0.15) is 0 Å². The van der Waals surface area contributed by atoms with Gasteiger partial charge in [-0.3, -0.25) is 9.69 Å².